The number of urea groups is 1. The lowest BCUT2D eigenvalue weighted by atomic mass is 9.96. The maximum Gasteiger partial charge on any atom is 0.321 e. The molecule has 0 spiro atoms. The highest BCUT2D eigenvalue weighted by atomic mass is 32.2. The molecular formula is C19H24N4O4S. The van der Waals surface area contributed by atoms with Crippen molar-refractivity contribution >= 4 is 23.7 Å². The van der Waals surface area contributed by atoms with E-state index in [-0.39, 0.29) is 11.8 Å². The Morgan fingerprint density at radius 3 is 2.64 bits per heavy atom. The summed E-state index contributed by atoms with van der Waals surface area (Å²) >= 11 is 1.10. The molecule has 0 saturated heterocycles. The lowest BCUT2D eigenvalue weighted by molar-refractivity contribution is -0.117. The average molecular weight is 404 g/mol. The third kappa shape index (κ3) is 6.26. The van der Waals surface area contributed by atoms with Crippen LogP contribution in [-0.4, -0.2) is 41.0 Å². The zero-order chi connectivity index (χ0) is 19.8. The first kappa shape index (κ1) is 20.2. The zero-order valence-corrected chi connectivity index (χ0v) is 16.6. The largest absolute Gasteiger partial charge is 0.497 e. The Hall–Kier alpha value is -2.55. The number of amides is 3. The number of hydrogen-bond donors (Lipinski definition) is 2. The van der Waals surface area contributed by atoms with Gasteiger partial charge in [0.05, 0.1) is 19.3 Å². The fourth-order valence-electron chi connectivity index (χ4n) is 3.04. The topological polar surface area (TPSA) is 106 Å². The van der Waals surface area contributed by atoms with Gasteiger partial charge in [-0.15, -0.1) is 10.2 Å². The summed E-state index contributed by atoms with van der Waals surface area (Å²) in [4.78, 5) is 23.8. The number of ether oxygens (including phenoxy) is 1. The van der Waals surface area contributed by atoms with Crippen molar-refractivity contribution in [3.63, 3.8) is 0 Å². The zero-order valence-electron chi connectivity index (χ0n) is 15.8. The van der Waals surface area contributed by atoms with E-state index in [1.165, 1.54) is 6.42 Å². The van der Waals surface area contributed by atoms with Crippen LogP contribution in [-0.2, 0) is 11.2 Å². The van der Waals surface area contributed by atoms with E-state index in [1.807, 2.05) is 24.3 Å². The van der Waals surface area contributed by atoms with Crippen LogP contribution in [0.4, 0.5) is 4.79 Å². The smallest absolute Gasteiger partial charge is 0.321 e. The van der Waals surface area contributed by atoms with Gasteiger partial charge in [0.25, 0.3) is 5.22 Å². The molecule has 1 aliphatic rings. The van der Waals surface area contributed by atoms with Crippen molar-refractivity contribution in [3.05, 3.63) is 35.7 Å². The van der Waals surface area contributed by atoms with Crippen molar-refractivity contribution in [2.45, 2.75) is 49.8 Å². The first-order valence-electron chi connectivity index (χ1n) is 9.31. The Morgan fingerprint density at radius 1 is 1.18 bits per heavy atom. The van der Waals surface area contributed by atoms with Crippen molar-refractivity contribution in [2.75, 3.05) is 12.9 Å². The van der Waals surface area contributed by atoms with Gasteiger partial charge in [0.15, 0.2) is 0 Å². The summed E-state index contributed by atoms with van der Waals surface area (Å²) in [7, 11) is 1.62. The van der Waals surface area contributed by atoms with E-state index < -0.39 is 11.9 Å². The Bertz CT molecular complexity index is 787. The number of thioether (sulfide) groups is 1. The maximum atomic E-state index is 11.9. The third-order valence-corrected chi connectivity index (χ3v) is 5.30. The Morgan fingerprint density at radius 2 is 1.93 bits per heavy atom. The summed E-state index contributed by atoms with van der Waals surface area (Å²) in [6.45, 7) is 0. The molecule has 1 fully saturated rings. The minimum absolute atomic E-state index is 0.0300. The quantitative estimate of drug-likeness (QED) is 0.683. The summed E-state index contributed by atoms with van der Waals surface area (Å²) in [5.41, 5.74) is 1.01. The maximum absolute atomic E-state index is 11.9. The number of nitrogens with zero attached hydrogens (tertiary/aromatic N) is 2. The summed E-state index contributed by atoms with van der Waals surface area (Å²) in [6, 6.07) is 7.30. The molecule has 0 radical (unpaired) electrons. The van der Waals surface area contributed by atoms with Gasteiger partial charge >= 0.3 is 6.03 Å². The third-order valence-electron chi connectivity index (χ3n) is 4.48. The number of imide groups is 1. The van der Waals surface area contributed by atoms with E-state index in [4.69, 9.17) is 9.15 Å². The number of hydrogen-bond acceptors (Lipinski definition) is 7. The lowest BCUT2D eigenvalue weighted by Gasteiger charge is -2.22. The number of methoxy groups -OCH3 is 1. The van der Waals surface area contributed by atoms with Gasteiger partial charge < -0.3 is 14.5 Å². The Balaban J connectivity index is 1.40. The molecule has 0 unspecified atom stereocenters. The second-order valence-corrected chi connectivity index (χ2v) is 7.56. The predicted molar refractivity (Wildman–Crippen MR) is 104 cm³/mol. The van der Waals surface area contributed by atoms with Crippen molar-refractivity contribution in [1.29, 1.82) is 0 Å². The van der Waals surface area contributed by atoms with Gasteiger partial charge in [-0.25, -0.2) is 4.79 Å². The van der Waals surface area contributed by atoms with E-state index in [0.717, 1.165) is 48.8 Å². The second kappa shape index (κ2) is 10.1. The van der Waals surface area contributed by atoms with E-state index in [1.54, 1.807) is 7.11 Å². The van der Waals surface area contributed by atoms with Crippen LogP contribution >= 0.6 is 11.8 Å². The summed E-state index contributed by atoms with van der Waals surface area (Å²) < 4.78 is 10.7. The molecule has 1 aromatic heterocycles. The van der Waals surface area contributed by atoms with Gasteiger partial charge in [0.1, 0.15) is 5.75 Å². The molecule has 2 N–H and O–H groups in total. The standard InChI is InChI=1S/C19H24N4O4S/c1-26-15-9-7-13(8-10-15)11-17-22-23-19(27-17)28-12-16(24)21-18(25)20-14-5-3-2-4-6-14/h7-10,14H,2-6,11-12H2,1H3,(H2,20,21,24,25). The lowest BCUT2D eigenvalue weighted by Crippen LogP contribution is -2.45. The molecule has 0 atom stereocenters. The Labute approximate surface area is 167 Å². The first-order chi connectivity index (χ1) is 13.6. The molecule has 28 heavy (non-hydrogen) atoms. The van der Waals surface area contributed by atoms with Crippen molar-refractivity contribution < 1.29 is 18.7 Å². The number of aromatic nitrogens is 2. The van der Waals surface area contributed by atoms with Crippen LogP contribution in [0.3, 0.4) is 0 Å². The van der Waals surface area contributed by atoms with Crippen LogP contribution in [0.5, 0.6) is 5.75 Å². The van der Waals surface area contributed by atoms with E-state index in [0.29, 0.717) is 17.5 Å². The van der Waals surface area contributed by atoms with Gasteiger partial charge in [0, 0.05) is 6.04 Å². The summed E-state index contributed by atoms with van der Waals surface area (Å²) in [6.07, 6.45) is 5.87. The molecule has 1 aliphatic carbocycles. The molecule has 1 saturated carbocycles. The number of rotatable bonds is 7. The Kier molecular flexibility index (Phi) is 7.30. The molecule has 8 nitrogen and oxygen atoms in total. The predicted octanol–water partition coefficient (Wildman–Crippen LogP) is 2.92. The summed E-state index contributed by atoms with van der Waals surface area (Å²) in [5, 5.41) is 13.4. The molecule has 9 heteroatoms. The SMILES string of the molecule is COc1ccc(Cc2nnc(SCC(=O)NC(=O)NC3CCCCC3)o2)cc1. The molecule has 0 aliphatic heterocycles. The van der Waals surface area contributed by atoms with Crippen LogP contribution in [0.1, 0.15) is 43.6 Å². The molecular weight excluding hydrogens is 380 g/mol. The molecule has 1 heterocycles. The van der Waals surface area contributed by atoms with Crippen LogP contribution < -0.4 is 15.4 Å². The van der Waals surface area contributed by atoms with Crippen LogP contribution in [0.15, 0.2) is 33.9 Å². The number of benzene rings is 1. The fraction of sp³-hybridized carbons (Fsp3) is 0.474. The minimum atomic E-state index is -0.441. The molecule has 0 bridgehead atoms. The van der Waals surface area contributed by atoms with Crippen LogP contribution in [0.2, 0.25) is 0 Å². The monoisotopic (exact) mass is 404 g/mol. The highest BCUT2D eigenvalue weighted by Gasteiger charge is 2.17. The molecule has 2 aromatic rings. The second-order valence-electron chi connectivity index (χ2n) is 6.63. The first-order valence-corrected chi connectivity index (χ1v) is 10.3. The van der Waals surface area contributed by atoms with Gasteiger partial charge in [-0.05, 0) is 30.5 Å². The van der Waals surface area contributed by atoms with Crippen molar-refractivity contribution in [2.24, 2.45) is 0 Å². The molecule has 3 amide bonds. The highest BCUT2D eigenvalue weighted by molar-refractivity contribution is 7.99. The van der Waals surface area contributed by atoms with Gasteiger partial charge in [0.2, 0.25) is 11.8 Å². The van der Waals surface area contributed by atoms with Crippen molar-refractivity contribution in [3.8, 4) is 5.75 Å². The molecule has 3 rings (SSSR count). The minimum Gasteiger partial charge on any atom is -0.497 e. The summed E-state index contributed by atoms with van der Waals surface area (Å²) in [5.74, 6) is 0.878. The number of nitrogens with one attached hydrogen (secondary N) is 2. The number of carbonyl (C=O) groups excluding carboxylic acids is 2. The highest BCUT2D eigenvalue weighted by Crippen LogP contribution is 2.19. The van der Waals surface area contributed by atoms with Crippen molar-refractivity contribution in [1.82, 2.24) is 20.8 Å². The van der Waals surface area contributed by atoms with E-state index in [9.17, 15) is 9.59 Å². The van der Waals surface area contributed by atoms with Gasteiger partial charge in [-0.3, -0.25) is 10.1 Å². The fourth-order valence-corrected chi connectivity index (χ4v) is 3.62. The normalized spacial score (nSPS) is 14.5. The van der Waals surface area contributed by atoms with Gasteiger partial charge in [-0.2, -0.15) is 0 Å². The van der Waals surface area contributed by atoms with Crippen LogP contribution in [0.25, 0.3) is 0 Å². The number of carbonyl (C=O) groups is 2. The van der Waals surface area contributed by atoms with Crippen LogP contribution in [0, 0.1) is 0 Å². The van der Waals surface area contributed by atoms with Gasteiger partial charge in [-0.1, -0.05) is 43.2 Å². The van der Waals surface area contributed by atoms with E-state index >= 15 is 0 Å². The van der Waals surface area contributed by atoms with E-state index in [2.05, 4.69) is 20.8 Å². The molecule has 1 aromatic carbocycles. The average Bonchev–Trinajstić information content (AvgIpc) is 3.15. The molecule has 150 valence electrons.